The molecule has 0 fully saturated rings. The van der Waals surface area contributed by atoms with Gasteiger partial charge in [-0.05, 0) is 43.2 Å². The van der Waals surface area contributed by atoms with Crippen LogP contribution >= 0.6 is 11.6 Å². The molecule has 1 aromatic carbocycles. The van der Waals surface area contributed by atoms with E-state index in [2.05, 4.69) is 24.1 Å². The van der Waals surface area contributed by atoms with Gasteiger partial charge >= 0.3 is 0 Å². The minimum atomic E-state index is -0.313. The Morgan fingerprint density at radius 2 is 2.10 bits per heavy atom. The highest BCUT2D eigenvalue weighted by Gasteiger charge is 2.15. The number of rotatable bonds is 5. The first kappa shape index (κ1) is 14.9. The summed E-state index contributed by atoms with van der Waals surface area (Å²) in [6, 6.07) is 11.2. The number of nitrogens with one attached hydrogen (secondary N) is 1. The highest BCUT2D eigenvalue weighted by Crippen LogP contribution is 2.22. The largest absolute Gasteiger partial charge is 0.302 e. The van der Waals surface area contributed by atoms with Crippen LogP contribution in [0.3, 0.4) is 0 Å². The number of halogens is 2. The molecule has 20 heavy (non-hydrogen) atoms. The smallest absolute Gasteiger partial charge is 0.141 e. The molecule has 0 radical (unpaired) electrons. The van der Waals surface area contributed by atoms with E-state index in [0.29, 0.717) is 0 Å². The Labute approximate surface area is 124 Å². The number of nitrogens with zero attached hydrogens (tertiary/aromatic N) is 1. The molecule has 0 spiro atoms. The van der Waals surface area contributed by atoms with Crippen molar-refractivity contribution in [2.45, 2.75) is 32.4 Å². The van der Waals surface area contributed by atoms with E-state index in [1.54, 1.807) is 6.07 Å². The minimum absolute atomic E-state index is 0.0876. The van der Waals surface area contributed by atoms with Crippen LogP contribution in [0.25, 0.3) is 0 Å². The molecule has 0 aliphatic carbocycles. The third-order valence-corrected chi connectivity index (χ3v) is 3.55. The molecule has 106 valence electrons. The summed E-state index contributed by atoms with van der Waals surface area (Å²) in [6.45, 7) is 4.16. The molecule has 0 bridgehead atoms. The topological polar surface area (TPSA) is 24.9 Å². The Balaban J connectivity index is 2.11. The van der Waals surface area contributed by atoms with E-state index in [4.69, 9.17) is 11.6 Å². The maximum Gasteiger partial charge on any atom is 0.141 e. The van der Waals surface area contributed by atoms with Crippen molar-refractivity contribution in [1.29, 1.82) is 0 Å². The summed E-state index contributed by atoms with van der Waals surface area (Å²) in [4.78, 5) is 4.15. The molecule has 0 amide bonds. The molecule has 0 saturated heterocycles. The van der Waals surface area contributed by atoms with Crippen LogP contribution in [0.5, 0.6) is 0 Å². The van der Waals surface area contributed by atoms with E-state index in [1.165, 1.54) is 12.3 Å². The van der Waals surface area contributed by atoms with E-state index in [9.17, 15) is 4.39 Å². The average Bonchev–Trinajstić information content (AvgIpc) is 2.45. The molecule has 1 heterocycles. The lowest BCUT2D eigenvalue weighted by Crippen LogP contribution is -2.25. The SMILES string of the molecule is CCC(NC(C)c1cccc(Cl)c1)c1ccc(F)cn1. The van der Waals surface area contributed by atoms with Gasteiger partial charge in [0.05, 0.1) is 11.9 Å². The number of aromatic nitrogens is 1. The molecule has 0 saturated carbocycles. The first-order valence-electron chi connectivity index (χ1n) is 6.73. The summed E-state index contributed by atoms with van der Waals surface area (Å²) in [6.07, 6.45) is 2.13. The maximum atomic E-state index is 12.9. The van der Waals surface area contributed by atoms with Gasteiger partial charge in [-0.25, -0.2) is 4.39 Å². The molecule has 0 aliphatic heterocycles. The molecular weight excluding hydrogens is 275 g/mol. The predicted octanol–water partition coefficient (Wildman–Crippen LogP) is 4.68. The Morgan fingerprint density at radius 1 is 1.30 bits per heavy atom. The van der Waals surface area contributed by atoms with E-state index >= 15 is 0 Å². The number of hydrogen-bond donors (Lipinski definition) is 1. The van der Waals surface area contributed by atoms with Gasteiger partial charge < -0.3 is 5.32 Å². The highest BCUT2D eigenvalue weighted by atomic mass is 35.5. The average molecular weight is 293 g/mol. The van der Waals surface area contributed by atoms with Crippen LogP contribution in [0, 0.1) is 5.82 Å². The molecule has 2 atom stereocenters. The molecular formula is C16H18ClFN2. The zero-order chi connectivity index (χ0) is 14.5. The van der Waals surface area contributed by atoms with Crippen molar-refractivity contribution in [3.05, 3.63) is 64.7 Å². The van der Waals surface area contributed by atoms with Gasteiger partial charge in [-0.15, -0.1) is 0 Å². The Kier molecular flexibility index (Phi) is 5.10. The third-order valence-electron chi connectivity index (χ3n) is 3.32. The fourth-order valence-electron chi connectivity index (χ4n) is 2.18. The third kappa shape index (κ3) is 3.78. The monoisotopic (exact) mass is 292 g/mol. The Hall–Kier alpha value is -1.45. The minimum Gasteiger partial charge on any atom is -0.302 e. The molecule has 0 aliphatic rings. The number of benzene rings is 1. The van der Waals surface area contributed by atoms with Crippen molar-refractivity contribution in [1.82, 2.24) is 10.3 Å². The van der Waals surface area contributed by atoms with Gasteiger partial charge in [-0.3, -0.25) is 4.98 Å². The van der Waals surface area contributed by atoms with Crippen LogP contribution in [0.1, 0.15) is 43.6 Å². The summed E-state index contributed by atoms with van der Waals surface area (Å²) in [5.74, 6) is -0.313. The summed E-state index contributed by atoms with van der Waals surface area (Å²) < 4.78 is 12.9. The van der Waals surface area contributed by atoms with Gasteiger partial charge in [0, 0.05) is 17.1 Å². The summed E-state index contributed by atoms with van der Waals surface area (Å²) in [7, 11) is 0. The standard InChI is InChI=1S/C16H18ClFN2/c1-3-15(16-8-7-14(18)10-19-16)20-11(2)12-5-4-6-13(17)9-12/h4-11,15,20H,3H2,1-2H3. The molecule has 4 heteroatoms. The van der Waals surface area contributed by atoms with Crippen molar-refractivity contribution in [2.24, 2.45) is 0 Å². The van der Waals surface area contributed by atoms with Crippen LogP contribution in [-0.2, 0) is 0 Å². The fraction of sp³-hybridized carbons (Fsp3) is 0.312. The van der Waals surface area contributed by atoms with Crippen LogP contribution in [-0.4, -0.2) is 4.98 Å². The van der Waals surface area contributed by atoms with Gasteiger partial charge in [0.2, 0.25) is 0 Å². The quantitative estimate of drug-likeness (QED) is 0.866. The Bertz CT molecular complexity index is 557. The van der Waals surface area contributed by atoms with E-state index in [0.717, 1.165) is 22.7 Å². The van der Waals surface area contributed by atoms with Crippen LogP contribution in [0.2, 0.25) is 5.02 Å². The lowest BCUT2D eigenvalue weighted by molar-refractivity contribution is 0.447. The van der Waals surface area contributed by atoms with Gasteiger partial charge in [0.15, 0.2) is 0 Å². The van der Waals surface area contributed by atoms with Crippen LogP contribution in [0.15, 0.2) is 42.6 Å². The highest BCUT2D eigenvalue weighted by molar-refractivity contribution is 6.30. The second kappa shape index (κ2) is 6.82. The van der Waals surface area contributed by atoms with Crippen molar-refractivity contribution in [2.75, 3.05) is 0 Å². The van der Waals surface area contributed by atoms with E-state index < -0.39 is 0 Å². The normalized spacial score (nSPS) is 14.0. The molecule has 2 nitrogen and oxygen atoms in total. The maximum absolute atomic E-state index is 12.9. The fourth-order valence-corrected chi connectivity index (χ4v) is 2.38. The number of hydrogen-bond acceptors (Lipinski definition) is 2. The van der Waals surface area contributed by atoms with Gasteiger partial charge in [-0.1, -0.05) is 30.7 Å². The van der Waals surface area contributed by atoms with Crippen molar-refractivity contribution < 1.29 is 4.39 Å². The van der Waals surface area contributed by atoms with Crippen molar-refractivity contribution >= 4 is 11.6 Å². The predicted molar refractivity (Wildman–Crippen MR) is 80.2 cm³/mol. The first-order valence-corrected chi connectivity index (χ1v) is 7.11. The zero-order valence-corrected chi connectivity index (χ0v) is 12.4. The van der Waals surface area contributed by atoms with E-state index in [1.807, 2.05) is 24.3 Å². The lowest BCUT2D eigenvalue weighted by atomic mass is 10.0. The number of pyridine rings is 1. The lowest BCUT2D eigenvalue weighted by Gasteiger charge is -2.22. The second-order valence-corrected chi connectivity index (χ2v) is 5.24. The summed E-state index contributed by atoms with van der Waals surface area (Å²) in [5, 5.41) is 4.23. The van der Waals surface area contributed by atoms with Gasteiger partial charge in [-0.2, -0.15) is 0 Å². The van der Waals surface area contributed by atoms with Crippen LogP contribution < -0.4 is 5.32 Å². The van der Waals surface area contributed by atoms with Crippen LogP contribution in [0.4, 0.5) is 4.39 Å². The van der Waals surface area contributed by atoms with E-state index in [-0.39, 0.29) is 17.9 Å². The zero-order valence-electron chi connectivity index (χ0n) is 11.6. The van der Waals surface area contributed by atoms with Gasteiger partial charge in [0.25, 0.3) is 0 Å². The Morgan fingerprint density at radius 3 is 2.70 bits per heavy atom. The van der Waals surface area contributed by atoms with Crippen molar-refractivity contribution in [3.63, 3.8) is 0 Å². The first-order chi connectivity index (χ1) is 9.60. The van der Waals surface area contributed by atoms with Gasteiger partial charge in [0.1, 0.15) is 5.82 Å². The summed E-state index contributed by atoms with van der Waals surface area (Å²) in [5.41, 5.74) is 1.97. The second-order valence-electron chi connectivity index (χ2n) is 4.81. The summed E-state index contributed by atoms with van der Waals surface area (Å²) >= 11 is 6.01. The molecule has 2 unspecified atom stereocenters. The molecule has 2 aromatic rings. The molecule has 1 N–H and O–H groups in total. The molecule has 1 aromatic heterocycles. The van der Waals surface area contributed by atoms with Crippen molar-refractivity contribution in [3.8, 4) is 0 Å². The molecule has 2 rings (SSSR count).